The minimum Gasteiger partial charge on any atom is -0.493 e. The lowest BCUT2D eigenvalue weighted by atomic mass is 10.2. The number of aryl methyl sites for hydroxylation is 1. The number of thiocarbonyl (C=S) groups is 1. The number of nitrogens with zero attached hydrogens (tertiary/aromatic N) is 2. The van der Waals surface area contributed by atoms with Gasteiger partial charge in [0.2, 0.25) is 0 Å². The predicted molar refractivity (Wildman–Crippen MR) is 145 cm³/mol. The fourth-order valence-electron chi connectivity index (χ4n) is 3.23. The first-order chi connectivity index (χ1) is 18.0. The molecule has 0 atom stereocenters. The van der Waals surface area contributed by atoms with Crippen molar-refractivity contribution in [3.63, 3.8) is 0 Å². The number of ether oxygens (including phenoxy) is 1. The lowest BCUT2D eigenvalue weighted by Gasteiger charge is -2.14. The van der Waals surface area contributed by atoms with Crippen molar-refractivity contribution in [3.05, 3.63) is 84.9 Å². The molecular formula is C23H17N3O8S4. The summed E-state index contributed by atoms with van der Waals surface area (Å²) in [5.74, 6) is -1.14. The molecule has 0 bridgehead atoms. The number of thiophene rings is 1. The molecule has 1 fully saturated rings. The van der Waals surface area contributed by atoms with Gasteiger partial charge in [0.05, 0.1) is 21.8 Å². The third-order valence-corrected chi connectivity index (χ3v) is 8.50. The Labute approximate surface area is 230 Å². The van der Waals surface area contributed by atoms with Gasteiger partial charge in [-0.3, -0.25) is 25.1 Å². The number of nitro benzene ring substituents is 1. The van der Waals surface area contributed by atoms with Crippen molar-refractivity contribution in [2.24, 2.45) is 0 Å². The van der Waals surface area contributed by atoms with Gasteiger partial charge in [-0.2, -0.15) is 13.4 Å². The molecule has 1 aromatic heterocycles. The molecular weight excluding hydrogens is 575 g/mol. The summed E-state index contributed by atoms with van der Waals surface area (Å²) in [6.45, 7) is 1.49. The topological polar surface area (TPSA) is 145 Å². The van der Waals surface area contributed by atoms with Crippen molar-refractivity contribution in [1.29, 1.82) is 0 Å². The van der Waals surface area contributed by atoms with E-state index in [1.54, 1.807) is 17.5 Å². The Bertz CT molecular complexity index is 1600. The number of methoxy groups -OCH3 is 1. The average molecular weight is 592 g/mol. The second-order valence-corrected chi connectivity index (χ2v) is 11.8. The number of amides is 2. The quantitative estimate of drug-likeness (QED) is 0.132. The van der Waals surface area contributed by atoms with E-state index in [1.165, 1.54) is 61.8 Å². The minimum absolute atomic E-state index is 0.0328. The first-order valence-corrected chi connectivity index (χ1v) is 14.0. The van der Waals surface area contributed by atoms with Crippen LogP contribution in [0.2, 0.25) is 0 Å². The summed E-state index contributed by atoms with van der Waals surface area (Å²) in [5, 5.41) is 13.9. The zero-order chi connectivity index (χ0) is 27.6. The third-order valence-electron chi connectivity index (χ3n) is 5.10. The van der Waals surface area contributed by atoms with Gasteiger partial charge in [-0.1, -0.05) is 30.0 Å². The number of hydrogen-bond acceptors (Lipinski definition) is 11. The number of benzene rings is 2. The van der Waals surface area contributed by atoms with E-state index in [4.69, 9.17) is 21.1 Å². The highest BCUT2D eigenvalue weighted by atomic mass is 32.2. The highest BCUT2D eigenvalue weighted by Crippen LogP contribution is 2.35. The Morgan fingerprint density at radius 3 is 2.61 bits per heavy atom. The Balaban J connectivity index is 1.55. The first-order valence-electron chi connectivity index (χ1n) is 10.5. The van der Waals surface area contributed by atoms with E-state index in [1.807, 2.05) is 0 Å². The number of hydrogen-bond donors (Lipinski definition) is 1. The molecule has 196 valence electrons. The van der Waals surface area contributed by atoms with Crippen LogP contribution < -0.4 is 14.3 Å². The van der Waals surface area contributed by atoms with Gasteiger partial charge in [0.25, 0.3) is 17.5 Å². The second-order valence-electron chi connectivity index (χ2n) is 7.59. The van der Waals surface area contributed by atoms with Crippen LogP contribution in [-0.2, 0) is 14.9 Å². The summed E-state index contributed by atoms with van der Waals surface area (Å²) >= 11 is 7.43. The van der Waals surface area contributed by atoms with Crippen LogP contribution in [0.4, 0.5) is 5.69 Å². The number of nitrogens with one attached hydrogen (secondary N) is 1. The standard InChI is InChI=1S/C23H17N3O8S4/c1-13-5-7-15(12-16(13)26(29)30)38(31,32)34-17-8-6-14(10-18(17)33-2)11-20-22(28)25(23(35)37-20)24-21(27)19-4-3-9-36-19/h3-12H,1-2H3,(H,24,27)/b20-11-. The van der Waals surface area contributed by atoms with E-state index < -0.39 is 31.8 Å². The number of nitro groups is 1. The highest BCUT2D eigenvalue weighted by molar-refractivity contribution is 8.26. The molecule has 4 rings (SSSR count). The summed E-state index contributed by atoms with van der Waals surface area (Å²) in [6, 6.07) is 11.0. The van der Waals surface area contributed by atoms with E-state index in [-0.39, 0.29) is 26.4 Å². The number of thioether (sulfide) groups is 1. The zero-order valence-corrected chi connectivity index (χ0v) is 22.8. The largest absolute Gasteiger partial charge is 0.493 e. The van der Waals surface area contributed by atoms with Crippen LogP contribution >= 0.6 is 35.3 Å². The summed E-state index contributed by atoms with van der Waals surface area (Å²) in [4.78, 5) is 35.9. The maximum absolute atomic E-state index is 12.8. The van der Waals surface area contributed by atoms with Crippen LogP contribution in [0, 0.1) is 17.0 Å². The van der Waals surface area contributed by atoms with Gasteiger partial charge in [-0.15, -0.1) is 11.3 Å². The first kappa shape index (κ1) is 27.3. The molecule has 0 saturated carbocycles. The summed E-state index contributed by atoms with van der Waals surface area (Å²) in [7, 11) is -3.13. The SMILES string of the molecule is COc1cc(/C=C2\SC(=S)N(NC(=O)c3cccs3)C2=O)ccc1OS(=O)(=O)c1ccc(C)c([N+](=O)[O-])c1. The fraction of sp³-hybridized carbons (Fsp3) is 0.0870. The normalized spacial score (nSPS) is 14.6. The number of hydrazine groups is 1. The zero-order valence-electron chi connectivity index (χ0n) is 19.6. The van der Waals surface area contributed by atoms with Crippen LogP contribution in [0.15, 0.2) is 63.7 Å². The molecule has 1 aliphatic rings. The number of carbonyl (C=O) groups is 2. The minimum atomic E-state index is -4.43. The maximum atomic E-state index is 12.8. The predicted octanol–water partition coefficient (Wildman–Crippen LogP) is 4.29. The molecule has 38 heavy (non-hydrogen) atoms. The second kappa shape index (κ2) is 10.9. The summed E-state index contributed by atoms with van der Waals surface area (Å²) in [6.07, 6.45) is 1.50. The van der Waals surface area contributed by atoms with Gasteiger partial charge >= 0.3 is 10.1 Å². The summed E-state index contributed by atoms with van der Waals surface area (Å²) < 4.78 is 36.2. The molecule has 11 nitrogen and oxygen atoms in total. The number of rotatable bonds is 8. The molecule has 0 spiro atoms. The third kappa shape index (κ3) is 5.70. The molecule has 0 unspecified atom stereocenters. The summed E-state index contributed by atoms with van der Waals surface area (Å²) in [5.41, 5.74) is 2.88. The lowest BCUT2D eigenvalue weighted by Crippen LogP contribution is -2.44. The van der Waals surface area contributed by atoms with Gasteiger partial charge in [0.15, 0.2) is 15.8 Å². The Hall–Kier alpha value is -3.79. The van der Waals surface area contributed by atoms with Crippen LogP contribution in [0.1, 0.15) is 20.8 Å². The monoisotopic (exact) mass is 591 g/mol. The van der Waals surface area contributed by atoms with Gasteiger partial charge in [-0.05, 0) is 60.4 Å². The molecule has 1 aliphatic heterocycles. The molecule has 2 amide bonds. The van der Waals surface area contributed by atoms with Gasteiger partial charge in [-0.25, -0.2) is 0 Å². The molecule has 2 aromatic carbocycles. The Morgan fingerprint density at radius 2 is 1.95 bits per heavy atom. The van der Waals surface area contributed by atoms with Crippen molar-refractivity contribution < 1.29 is 31.9 Å². The molecule has 1 saturated heterocycles. The van der Waals surface area contributed by atoms with E-state index in [9.17, 15) is 28.1 Å². The Kier molecular flexibility index (Phi) is 7.82. The van der Waals surface area contributed by atoms with Gasteiger partial charge < -0.3 is 8.92 Å². The molecule has 1 N–H and O–H groups in total. The van der Waals surface area contributed by atoms with Crippen molar-refractivity contribution in [1.82, 2.24) is 10.4 Å². The van der Waals surface area contributed by atoms with Crippen LogP contribution in [-0.4, -0.2) is 41.6 Å². The molecule has 3 aromatic rings. The van der Waals surface area contributed by atoms with E-state index in [2.05, 4.69) is 5.43 Å². The van der Waals surface area contributed by atoms with Gasteiger partial charge in [0.1, 0.15) is 4.90 Å². The molecule has 15 heteroatoms. The van der Waals surface area contributed by atoms with Crippen LogP contribution in [0.3, 0.4) is 0 Å². The van der Waals surface area contributed by atoms with E-state index in [0.717, 1.165) is 22.8 Å². The molecule has 0 aliphatic carbocycles. The van der Waals surface area contributed by atoms with E-state index >= 15 is 0 Å². The highest BCUT2D eigenvalue weighted by Gasteiger charge is 2.34. The van der Waals surface area contributed by atoms with Crippen molar-refractivity contribution in [2.45, 2.75) is 11.8 Å². The number of carbonyl (C=O) groups excluding carboxylic acids is 2. The van der Waals surface area contributed by atoms with Crippen molar-refractivity contribution in [2.75, 3.05) is 7.11 Å². The Morgan fingerprint density at radius 1 is 1.18 bits per heavy atom. The van der Waals surface area contributed by atoms with Gasteiger partial charge in [0, 0.05) is 11.6 Å². The van der Waals surface area contributed by atoms with Crippen LogP contribution in [0.5, 0.6) is 11.5 Å². The van der Waals surface area contributed by atoms with E-state index in [0.29, 0.717) is 16.0 Å². The maximum Gasteiger partial charge on any atom is 0.339 e. The lowest BCUT2D eigenvalue weighted by molar-refractivity contribution is -0.385. The molecule has 0 radical (unpaired) electrons. The van der Waals surface area contributed by atoms with Crippen molar-refractivity contribution in [3.8, 4) is 11.5 Å². The average Bonchev–Trinajstić information content (AvgIpc) is 3.50. The smallest absolute Gasteiger partial charge is 0.339 e. The van der Waals surface area contributed by atoms with Crippen molar-refractivity contribution >= 4 is 73.3 Å². The molecule has 2 heterocycles. The fourth-order valence-corrected chi connectivity index (χ4v) is 5.98. The van der Waals surface area contributed by atoms with Crippen LogP contribution in [0.25, 0.3) is 6.08 Å².